The third-order valence-electron chi connectivity index (χ3n) is 3.38. The summed E-state index contributed by atoms with van der Waals surface area (Å²) in [4.78, 5) is 28.5. The lowest BCUT2D eigenvalue weighted by Crippen LogP contribution is -2.32. The van der Waals surface area contributed by atoms with Crippen molar-refractivity contribution in [3.8, 4) is 5.69 Å². The van der Waals surface area contributed by atoms with E-state index >= 15 is 0 Å². The van der Waals surface area contributed by atoms with Gasteiger partial charge in [0.05, 0.1) is 12.3 Å². The fourth-order valence-electron chi connectivity index (χ4n) is 2.45. The van der Waals surface area contributed by atoms with E-state index < -0.39 is 5.97 Å². The number of nitrogens with zero attached hydrogens (tertiary/aromatic N) is 2. The minimum absolute atomic E-state index is 0.0210. The molecule has 20 heavy (non-hydrogen) atoms. The van der Waals surface area contributed by atoms with Gasteiger partial charge in [-0.2, -0.15) is 0 Å². The number of fused-ring (bicyclic) bond motifs is 3. The predicted octanol–water partition coefficient (Wildman–Crippen LogP) is 1.51. The minimum Gasteiger partial charge on any atom is -0.462 e. The molecule has 0 amide bonds. The third kappa shape index (κ3) is 1.91. The van der Waals surface area contributed by atoms with Gasteiger partial charge in [-0.25, -0.2) is 9.78 Å². The van der Waals surface area contributed by atoms with E-state index in [1.807, 2.05) is 24.3 Å². The van der Waals surface area contributed by atoms with E-state index in [2.05, 4.69) is 4.98 Å². The second kappa shape index (κ2) is 4.92. The summed E-state index contributed by atoms with van der Waals surface area (Å²) in [5, 5.41) is 0. The van der Waals surface area contributed by atoms with Gasteiger partial charge >= 0.3 is 5.97 Å². The first-order valence-corrected chi connectivity index (χ1v) is 6.58. The zero-order chi connectivity index (χ0) is 14.1. The van der Waals surface area contributed by atoms with Gasteiger partial charge in [0.2, 0.25) is 0 Å². The summed E-state index contributed by atoms with van der Waals surface area (Å²) in [5.41, 5.74) is 1.51. The molecule has 0 saturated heterocycles. The second-order valence-electron chi connectivity index (χ2n) is 4.58. The van der Waals surface area contributed by atoms with Crippen molar-refractivity contribution >= 4 is 5.97 Å². The molecule has 0 fully saturated rings. The van der Waals surface area contributed by atoms with Gasteiger partial charge in [0.15, 0.2) is 0 Å². The number of para-hydroxylation sites is 1. The molecule has 0 N–H and O–H groups in total. The third-order valence-corrected chi connectivity index (χ3v) is 3.38. The highest BCUT2D eigenvalue weighted by Crippen LogP contribution is 2.21. The Bertz CT molecular complexity index is 734. The van der Waals surface area contributed by atoms with Gasteiger partial charge in [0.25, 0.3) is 5.56 Å². The lowest BCUT2D eigenvalue weighted by atomic mass is 10.0. The highest BCUT2D eigenvalue weighted by Gasteiger charge is 2.22. The van der Waals surface area contributed by atoms with Gasteiger partial charge in [-0.05, 0) is 25.0 Å². The molecule has 1 aromatic heterocycles. The molecule has 1 aromatic carbocycles. The Morgan fingerprint density at radius 2 is 2.15 bits per heavy atom. The van der Waals surface area contributed by atoms with Crippen LogP contribution >= 0.6 is 0 Å². The average Bonchev–Trinajstić information content (AvgIpc) is 2.47. The van der Waals surface area contributed by atoms with Crippen LogP contribution in [0.2, 0.25) is 0 Å². The zero-order valence-corrected chi connectivity index (χ0v) is 11.1. The number of aromatic nitrogens is 2. The maximum absolute atomic E-state index is 12.5. The number of ether oxygens (including phenoxy) is 1. The van der Waals surface area contributed by atoms with Crippen molar-refractivity contribution in [1.82, 2.24) is 9.55 Å². The SMILES string of the molecule is CCOC(=O)c1cnc2n(c1=O)-c1ccccc1CC2. The van der Waals surface area contributed by atoms with Crippen molar-refractivity contribution in [2.75, 3.05) is 6.61 Å². The van der Waals surface area contributed by atoms with Crippen LogP contribution in [-0.4, -0.2) is 22.1 Å². The Balaban J connectivity index is 2.20. The summed E-state index contributed by atoms with van der Waals surface area (Å²) in [7, 11) is 0. The lowest BCUT2D eigenvalue weighted by Gasteiger charge is -2.20. The monoisotopic (exact) mass is 270 g/mol. The number of hydrogen-bond donors (Lipinski definition) is 0. The Labute approximate surface area is 115 Å². The van der Waals surface area contributed by atoms with Crippen molar-refractivity contribution in [2.24, 2.45) is 0 Å². The van der Waals surface area contributed by atoms with Crippen LogP contribution in [0.4, 0.5) is 0 Å². The molecule has 5 nitrogen and oxygen atoms in total. The van der Waals surface area contributed by atoms with Gasteiger partial charge in [-0.1, -0.05) is 18.2 Å². The molecule has 0 aliphatic carbocycles. The maximum Gasteiger partial charge on any atom is 0.345 e. The standard InChI is InChI=1S/C15H14N2O3/c1-2-20-15(19)11-9-16-13-8-7-10-5-3-4-6-12(10)17(13)14(11)18/h3-6,9H,2,7-8H2,1H3. The summed E-state index contributed by atoms with van der Waals surface area (Å²) in [5.74, 6) is 0.0603. The summed E-state index contributed by atoms with van der Waals surface area (Å²) < 4.78 is 6.41. The first-order valence-electron chi connectivity index (χ1n) is 6.58. The molecular formula is C15H14N2O3. The Kier molecular flexibility index (Phi) is 3.10. The zero-order valence-electron chi connectivity index (χ0n) is 11.1. The predicted molar refractivity (Wildman–Crippen MR) is 73.2 cm³/mol. The summed E-state index contributed by atoms with van der Waals surface area (Å²) in [6.45, 7) is 1.94. The molecule has 0 atom stereocenters. The van der Waals surface area contributed by atoms with Crippen LogP contribution in [-0.2, 0) is 17.6 Å². The lowest BCUT2D eigenvalue weighted by molar-refractivity contribution is 0.0523. The Morgan fingerprint density at radius 3 is 2.95 bits per heavy atom. The molecule has 0 unspecified atom stereocenters. The van der Waals surface area contributed by atoms with Crippen LogP contribution in [0.3, 0.4) is 0 Å². The fraction of sp³-hybridized carbons (Fsp3) is 0.267. The van der Waals surface area contributed by atoms with E-state index in [0.29, 0.717) is 12.2 Å². The second-order valence-corrected chi connectivity index (χ2v) is 4.58. The molecule has 1 aliphatic heterocycles. The Morgan fingerprint density at radius 1 is 1.35 bits per heavy atom. The van der Waals surface area contributed by atoms with Gasteiger partial charge in [0, 0.05) is 12.6 Å². The van der Waals surface area contributed by atoms with Crippen molar-refractivity contribution in [3.05, 3.63) is 57.8 Å². The molecule has 102 valence electrons. The molecule has 2 aromatic rings. The number of aryl methyl sites for hydroxylation is 2. The van der Waals surface area contributed by atoms with Crippen LogP contribution in [0.25, 0.3) is 5.69 Å². The maximum atomic E-state index is 12.5. The van der Waals surface area contributed by atoms with Crippen LogP contribution in [0.5, 0.6) is 0 Å². The fourth-order valence-corrected chi connectivity index (χ4v) is 2.45. The molecule has 5 heteroatoms. The van der Waals surface area contributed by atoms with Crippen LogP contribution in [0.15, 0.2) is 35.3 Å². The molecule has 0 spiro atoms. The molecule has 3 rings (SSSR count). The van der Waals surface area contributed by atoms with E-state index in [0.717, 1.165) is 17.7 Å². The topological polar surface area (TPSA) is 61.2 Å². The van der Waals surface area contributed by atoms with E-state index in [1.165, 1.54) is 10.8 Å². The molecular weight excluding hydrogens is 256 g/mol. The Hall–Kier alpha value is -2.43. The van der Waals surface area contributed by atoms with Crippen LogP contribution < -0.4 is 5.56 Å². The van der Waals surface area contributed by atoms with E-state index in [4.69, 9.17) is 4.74 Å². The first kappa shape index (κ1) is 12.6. The molecule has 0 saturated carbocycles. The number of esters is 1. The van der Waals surface area contributed by atoms with Gasteiger partial charge in [0.1, 0.15) is 11.4 Å². The number of rotatable bonds is 2. The number of hydrogen-bond acceptors (Lipinski definition) is 4. The number of carbonyl (C=O) groups is 1. The van der Waals surface area contributed by atoms with Crippen LogP contribution in [0.1, 0.15) is 28.7 Å². The van der Waals surface area contributed by atoms with E-state index in [1.54, 1.807) is 6.92 Å². The van der Waals surface area contributed by atoms with Crippen molar-refractivity contribution < 1.29 is 9.53 Å². The highest BCUT2D eigenvalue weighted by atomic mass is 16.5. The minimum atomic E-state index is -0.622. The average molecular weight is 270 g/mol. The van der Waals surface area contributed by atoms with Crippen LogP contribution in [0, 0.1) is 0 Å². The quantitative estimate of drug-likeness (QED) is 0.776. The largest absolute Gasteiger partial charge is 0.462 e. The van der Waals surface area contributed by atoms with Gasteiger partial charge in [-0.3, -0.25) is 9.36 Å². The summed E-state index contributed by atoms with van der Waals surface area (Å²) in [6.07, 6.45) is 2.86. The molecule has 0 radical (unpaired) electrons. The van der Waals surface area contributed by atoms with E-state index in [-0.39, 0.29) is 17.7 Å². The van der Waals surface area contributed by atoms with Crippen molar-refractivity contribution in [1.29, 1.82) is 0 Å². The van der Waals surface area contributed by atoms with Crippen molar-refractivity contribution in [3.63, 3.8) is 0 Å². The smallest absolute Gasteiger partial charge is 0.345 e. The number of benzene rings is 1. The molecule has 2 heterocycles. The van der Waals surface area contributed by atoms with E-state index in [9.17, 15) is 9.59 Å². The summed E-state index contributed by atoms with van der Waals surface area (Å²) >= 11 is 0. The van der Waals surface area contributed by atoms with Crippen molar-refractivity contribution in [2.45, 2.75) is 19.8 Å². The van der Waals surface area contributed by atoms with Gasteiger partial charge < -0.3 is 4.74 Å². The number of carbonyl (C=O) groups excluding carboxylic acids is 1. The molecule has 0 bridgehead atoms. The summed E-state index contributed by atoms with van der Waals surface area (Å²) in [6, 6.07) is 7.67. The normalized spacial score (nSPS) is 12.4. The van der Waals surface area contributed by atoms with Gasteiger partial charge in [-0.15, -0.1) is 0 Å². The molecule has 1 aliphatic rings. The first-order chi connectivity index (χ1) is 9.72. The highest BCUT2D eigenvalue weighted by molar-refractivity contribution is 5.88.